The first-order chi connectivity index (χ1) is 11.5. The summed E-state index contributed by atoms with van der Waals surface area (Å²) in [5, 5.41) is 1.49. The van der Waals surface area contributed by atoms with Gasteiger partial charge in [-0.05, 0) is 51.2 Å². The molecule has 2 unspecified atom stereocenters. The predicted octanol–water partition coefficient (Wildman–Crippen LogP) is 4.79. The van der Waals surface area contributed by atoms with Gasteiger partial charge in [-0.15, -0.1) is 0 Å². The average molecular weight is 358 g/mol. The van der Waals surface area contributed by atoms with E-state index < -0.39 is 13.7 Å². The van der Waals surface area contributed by atoms with E-state index in [2.05, 4.69) is 50.0 Å². The van der Waals surface area contributed by atoms with Gasteiger partial charge in [0.2, 0.25) is 0 Å². The minimum absolute atomic E-state index is 0.161. The van der Waals surface area contributed by atoms with Crippen LogP contribution in [0.25, 0.3) is 5.57 Å². The van der Waals surface area contributed by atoms with E-state index in [1.165, 1.54) is 16.3 Å². The van der Waals surface area contributed by atoms with Crippen LogP contribution < -0.4 is 5.19 Å². The Labute approximate surface area is 153 Å². The number of carbonyl (C=O) groups is 1. The van der Waals surface area contributed by atoms with Crippen LogP contribution in [0.5, 0.6) is 0 Å². The molecule has 2 aliphatic heterocycles. The van der Waals surface area contributed by atoms with Crippen LogP contribution in [0.4, 0.5) is 4.79 Å². The fourth-order valence-electron chi connectivity index (χ4n) is 3.83. The van der Waals surface area contributed by atoms with Crippen LogP contribution in [-0.4, -0.2) is 36.8 Å². The monoisotopic (exact) mass is 357 g/mol. The standard InChI is InChI=1S/C21H31NO2Si/c1-21(2,3)24-20(23)22-17-10-11-18(22)13-16(12-17)15-8-7-9-19(14-15)25(4,5)6/h7-9,12,14,17-18H,10-11,13H2,1-6H3. The molecule has 0 aromatic heterocycles. The van der Waals surface area contributed by atoms with Gasteiger partial charge < -0.3 is 4.74 Å². The molecule has 1 aromatic carbocycles. The molecule has 2 atom stereocenters. The van der Waals surface area contributed by atoms with E-state index in [1.807, 2.05) is 25.7 Å². The SMILES string of the molecule is CC(C)(C)OC(=O)N1C2C=C(c3cccc([Si](C)(C)C)c3)CC1CC2. The first-order valence-corrected chi connectivity index (χ1v) is 12.9. The van der Waals surface area contributed by atoms with E-state index in [9.17, 15) is 4.79 Å². The highest BCUT2D eigenvalue weighted by Gasteiger charge is 2.41. The number of rotatable bonds is 2. The molecule has 0 spiro atoms. The number of carbonyl (C=O) groups excluding carboxylic acids is 1. The highest BCUT2D eigenvalue weighted by Crippen LogP contribution is 2.39. The van der Waals surface area contributed by atoms with Gasteiger partial charge >= 0.3 is 6.09 Å². The Kier molecular flexibility index (Phi) is 4.61. The van der Waals surface area contributed by atoms with E-state index in [0.717, 1.165) is 19.3 Å². The van der Waals surface area contributed by atoms with Gasteiger partial charge in [0.05, 0.1) is 14.1 Å². The second-order valence-corrected chi connectivity index (χ2v) is 14.5. The Morgan fingerprint density at radius 2 is 1.92 bits per heavy atom. The fraction of sp³-hybridized carbons (Fsp3) is 0.571. The van der Waals surface area contributed by atoms with E-state index in [0.29, 0.717) is 0 Å². The minimum Gasteiger partial charge on any atom is -0.444 e. The van der Waals surface area contributed by atoms with Gasteiger partial charge in [0.25, 0.3) is 0 Å². The maximum atomic E-state index is 12.6. The molecule has 136 valence electrons. The number of benzene rings is 1. The lowest BCUT2D eigenvalue weighted by atomic mass is 9.95. The third-order valence-electron chi connectivity index (χ3n) is 5.10. The predicted molar refractivity (Wildman–Crippen MR) is 107 cm³/mol. The second-order valence-electron chi connectivity index (χ2n) is 9.41. The molecule has 2 heterocycles. The molecule has 3 rings (SSSR count). The maximum absolute atomic E-state index is 12.6. The van der Waals surface area contributed by atoms with E-state index in [4.69, 9.17) is 4.74 Å². The third-order valence-corrected chi connectivity index (χ3v) is 7.14. The summed E-state index contributed by atoms with van der Waals surface area (Å²) in [5.41, 5.74) is 2.29. The lowest BCUT2D eigenvalue weighted by molar-refractivity contribution is 0.0175. The highest BCUT2D eigenvalue weighted by molar-refractivity contribution is 6.88. The van der Waals surface area contributed by atoms with Gasteiger partial charge in [0.1, 0.15) is 5.60 Å². The molecule has 0 N–H and O–H groups in total. The summed E-state index contributed by atoms with van der Waals surface area (Å²) < 4.78 is 5.63. The van der Waals surface area contributed by atoms with Crippen LogP contribution in [0.1, 0.15) is 45.6 Å². The zero-order chi connectivity index (χ0) is 18.4. The molecule has 2 bridgehead atoms. The molecule has 0 saturated carbocycles. The summed E-state index contributed by atoms with van der Waals surface area (Å²) >= 11 is 0. The summed E-state index contributed by atoms with van der Waals surface area (Å²) in [4.78, 5) is 14.6. The van der Waals surface area contributed by atoms with Crippen molar-refractivity contribution in [2.45, 2.75) is 77.4 Å². The van der Waals surface area contributed by atoms with Crippen molar-refractivity contribution in [1.29, 1.82) is 0 Å². The quantitative estimate of drug-likeness (QED) is 0.712. The number of hydrogen-bond donors (Lipinski definition) is 0. The molecule has 2 aliphatic rings. The normalized spacial score (nSPS) is 23.4. The number of amides is 1. The molecule has 0 radical (unpaired) electrons. The maximum Gasteiger partial charge on any atom is 0.411 e. The van der Waals surface area contributed by atoms with Gasteiger partial charge in [-0.1, -0.05) is 55.2 Å². The van der Waals surface area contributed by atoms with Crippen molar-refractivity contribution >= 4 is 24.9 Å². The van der Waals surface area contributed by atoms with E-state index >= 15 is 0 Å². The zero-order valence-corrected chi connectivity index (χ0v) is 17.4. The zero-order valence-electron chi connectivity index (χ0n) is 16.4. The summed E-state index contributed by atoms with van der Waals surface area (Å²) in [5.74, 6) is 0. The molecular formula is C21H31NO2Si. The fourth-order valence-corrected chi connectivity index (χ4v) is 5.01. The summed E-state index contributed by atoms with van der Waals surface area (Å²) in [7, 11) is -1.32. The molecule has 3 nitrogen and oxygen atoms in total. The molecule has 25 heavy (non-hydrogen) atoms. The lowest BCUT2D eigenvalue weighted by Crippen LogP contribution is -2.45. The average Bonchev–Trinajstić information content (AvgIpc) is 2.75. The molecule has 1 fully saturated rings. The van der Waals surface area contributed by atoms with E-state index in [-0.39, 0.29) is 18.2 Å². The second kappa shape index (κ2) is 6.31. The first kappa shape index (κ1) is 18.2. The minimum atomic E-state index is -1.32. The van der Waals surface area contributed by atoms with Crippen molar-refractivity contribution in [3.05, 3.63) is 35.9 Å². The number of hydrogen-bond acceptors (Lipinski definition) is 2. The van der Waals surface area contributed by atoms with Gasteiger partial charge in [-0.3, -0.25) is 4.90 Å². The van der Waals surface area contributed by atoms with Gasteiger partial charge in [0.15, 0.2) is 0 Å². The van der Waals surface area contributed by atoms with Crippen LogP contribution in [0.15, 0.2) is 30.3 Å². The molecule has 1 aromatic rings. The van der Waals surface area contributed by atoms with Crippen LogP contribution in [0.2, 0.25) is 19.6 Å². The Morgan fingerprint density at radius 1 is 1.20 bits per heavy atom. The summed E-state index contributed by atoms with van der Waals surface area (Å²) in [6.45, 7) is 12.9. The number of fused-ring (bicyclic) bond motifs is 2. The van der Waals surface area contributed by atoms with Crippen molar-refractivity contribution in [2.75, 3.05) is 0 Å². The first-order valence-electron chi connectivity index (χ1n) is 9.37. The number of ether oxygens (including phenoxy) is 1. The Balaban J connectivity index is 1.84. The van der Waals surface area contributed by atoms with Crippen molar-refractivity contribution in [3.63, 3.8) is 0 Å². The molecule has 0 aliphatic carbocycles. The van der Waals surface area contributed by atoms with Crippen molar-refractivity contribution < 1.29 is 9.53 Å². The van der Waals surface area contributed by atoms with Gasteiger partial charge in [-0.25, -0.2) is 4.79 Å². The van der Waals surface area contributed by atoms with Crippen molar-refractivity contribution in [2.24, 2.45) is 0 Å². The van der Waals surface area contributed by atoms with Gasteiger partial charge in [-0.2, -0.15) is 0 Å². The van der Waals surface area contributed by atoms with Gasteiger partial charge in [0, 0.05) is 6.04 Å². The van der Waals surface area contributed by atoms with Crippen LogP contribution in [0.3, 0.4) is 0 Å². The largest absolute Gasteiger partial charge is 0.444 e. The topological polar surface area (TPSA) is 29.5 Å². The van der Waals surface area contributed by atoms with Crippen LogP contribution >= 0.6 is 0 Å². The Hall–Kier alpha value is -1.55. The Bertz CT molecular complexity index is 697. The third kappa shape index (κ3) is 4.00. The molecule has 1 saturated heterocycles. The summed E-state index contributed by atoms with van der Waals surface area (Å²) in [6.07, 6.45) is 5.19. The molecular weight excluding hydrogens is 326 g/mol. The number of nitrogens with zero attached hydrogens (tertiary/aromatic N) is 1. The van der Waals surface area contributed by atoms with Crippen LogP contribution in [-0.2, 0) is 4.74 Å². The molecule has 4 heteroatoms. The highest BCUT2D eigenvalue weighted by atomic mass is 28.3. The lowest BCUT2D eigenvalue weighted by Gasteiger charge is -2.35. The van der Waals surface area contributed by atoms with Crippen molar-refractivity contribution in [1.82, 2.24) is 4.90 Å². The molecule has 1 amide bonds. The van der Waals surface area contributed by atoms with Crippen molar-refractivity contribution in [3.8, 4) is 0 Å². The smallest absolute Gasteiger partial charge is 0.411 e. The Morgan fingerprint density at radius 3 is 2.52 bits per heavy atom. The summed E-state index contributed by atoms with van der Waals surface area (Å²) in [6, 6.07) is 9.50. The van der Waals surface area contributed by atoms with Crippen LogP contribution in [0, 0.1) is 0 Å². The van der Waals surface area contributed by atoms with E-state index in [1.54, 1.807) is 0 Å².